The zero-order chi connectivity index (χ0) is 19.0. The van der Waals surface area contributed by atoms with E-state index in [1.807, 2.05) is 0 Å². The van der Waals surface area contributed by atoms with Gasteiger partial charge in [0.15, 0.2) is 0 Å². The molecule has 0 amide bonds. The number of carbonyl (C=O) groups is 1. The molecule has 0 spiro atoms. The van der Waals surface area contributed by atoms with Crippen LogP contribution in [0.4, 0.5) is 0 Å². The van der Waals surface area contributed by atoms with Gasteiger partial charge in [0.2, 0.25) is 8.32 Å². The predicted octanol–water partition coefficient (Wildman–Crippen LogP) is 5.75. The van der Waals surface area contributed by atoms with Crippen LogP contribution in [0.1, 0.15) is 63.6 Å². The molecule has 0 aliphatic carbocycles. The van der Waals surface area contributed by atoms with Crippen molar-refractivity contribution >= 4 is 14.6 Å². The average molecular weight is 363 g/mol. The molecule has 0 fully saturated rings. The van der Waals surface area contributed by atoms with Gasteiger partial charge in [-0.05, 0) is 80.9 Å². The Balaban J connectivity index is 2.36. The molecule has 0 aromatic heterocycles. The highest BCUT2D eigenvalue weighted by atomic mass is 28.4. The first-order valence-corrected chi connectivity index (χ1v) is 12.3. The summed E-state index contributed by atoms with van der Waals surface area (Å²) >= 11 is 0. The fourth-order valence-corrected chi connectivity index (χ4v) is 4.09. The second-order valence-electron chi connectivity index (χ2n) is 9.23. The number of aryl methyl sites for hydroxylation is 1. The topological polar surface area (TPSA) is 35.5 Å². The van der Waals surface area contributed by atoms with Crippen LogP contribution in [0.3, 0.4) is 0 Å². The van der Waals surface area contributed by atoms with Crippen molar-refractivity contribution in [1.29, 1.82) is 0 Å². The van der Waals surface area contributed by atoms with Crippen molar-refractivity contribution < 1.29 is 14.0 Å². The fourth-order valence-electron chi connectivity index (χ4n) is 3.03. The lowest BCUT2D eigenvalue weighted by Gasteiger charge is -2.39. The first-order chi connectivity index (χ1) is 11.4. The van der Waals surface area contributed by atoms with Crippen LogP contribution in [0, 0.1) is 13.8 Å². The molecule has 0 saturated carbocycles. The Hall–Kier alpha value is -1.29. The highest BCUT2D eigenvalue weighted by Crippen LogP contribution is 2.44. The minimum Gasteiger partial charge on any atom is -0.543 e. The van der Waals surface area contributed by atoms with Gasteiger partial charge in [0, 0.05) is 6.42 Å². The third-order valence-corrected chi connectivity index (χ3v) is 10.4. The normalized spacial score (nSPS) is 20.6. The maximum absolute atomic E-state index is 10.7. The molecule has 25 heavy (non-hydrogen) atoms. The summed E-state index contributed by atoms with van der Waals surface area (Å²) in [6.45, 7) is 17.7. The molecule has 0 bridgehead atoms. The molecule has 1 aliphatic heterocycles. The molecule has 1 unspecified atom stereocenters. The maximum Gasteiger partial charge on any atom is 0.250 e. The zero-order valence-corrected chi connectivity index (χ0v) is 18.2. The molecule has 1 aromatic rings. The summed E-state index contributed by atoms with van der Waals surface area (Å²) in [5.74, 6) is 2.02. The molecule has 0 saturated heterocycles. The van der Waals surface area contributed by atoms with E-state index in [9.17, 15) is 4.79 Å². The Kier molecular flexibility index (Phi) is 5.44. The van der Waals surface area contributed by atoms with Crippen LogP contribution in [0.5, 0.6) is 11.5 Å². The van der Waals surface area contributed by atoms with E-state index in [2.05, 4.69) is 60.7 Å². The molecule has 3 nitrogen and oxygen atoms in total. The summed E-state index contributed by atoms with van der Waals surface area (Å²) in [5, 5.41) is 0.174. The average Bonchev–Trinajstić information content (AvgIpc) is 2.50. The summed E-state index contributed by atoms with van der Waals surface area (Å²) in [7, 11) is -1.87. The van der Waals surface area contributed by atoms with Crippen molar-refractivity contribution in [2.45, 2.75) is 91.0 Å². The molecule has 2 rings (SSSR count). The van der Waals surface area contributed by atoms with Crippen molar-refractivity contribution in [3.05, 3.63) is 22.8 Å². The Morgan fingerprint density at radius 2 is 1.92 bits per heavy atom. The van der Waals surface area contributed by atoms with E-state index in [4.69, 9.17) is 9.16 Å². The van der Waals surface area contributed by atoms with Gasteiger partial charge in [-0.3, -0.25) is 0 Å². The maximum atomic E-state index is 10.7. The number of carbonyl (C=O) groups excluding carboxylic acids is 1. The lowest BCUT2D eigenvalue weighted by Crippen LogP contribution is -2.44. The van der Waals surface area contributed by atoms with Gasteiger partial charge in [-0.15, -0.1) is 0 Å². The molecule has 4 heteroatoms. The summed E-state index contributed by atoms with van der Waals surface area (Å²) in [4.78, 5) is 10.7. The number of aldehydes is 1. The van der Waals surface area contributed by atoms with Crippen LogP contribution in [-0.2, 0) is 11.2 Å². The number of rotatable bonds is 5. The summed E-state index contributed by atoms with van der Waals surface area (Å²) in [6.07, 6.45) is 4.22. The second-order valence-corrected chi connectivity index (χ2v) is 14.0. The minimum absolute atomic E-state index is 0.174. The molecule has 0 radical (unpaired) electrons. The van der Waals surface area contributed by atoms with Crippen molar-refractivity contribution in [1.82, 2.24) is 0 Å². The van der Waals surface area contributed by atoms with Crippen molar-refractivity contribution in [2.75, 3.05) is 0 Å². The van der Waals surface area contributed by atoms with E-state index in [0.29, 0.717) is 6.42 Å². The summed E-state index contributed by atoms with van der Waals surface area (Å²) < 4.78 is 13.0. The van der Waals surface area contributed by atoms with Crippen LogP contribution in [0.2, 0.25) is 18.1 Å². The van der Waals surface area contributed by atoms with Gasteiger partial charge < -0.3 is 14.0 Å². The highest BCUT2D eigenvalue weighted by molar-refractivity contribution is 6.74. The standard InChI is InChI=1S/C21H34O3Si/c1-15-16(2)19-17(10-12-21(6,23-19)11-9-13-22)14-18(15)24-25(7,8)20(3,4)5/h13-14H,9-12H2,1-8H3. The highest BCUT2D eigenvalue weighted by Gasteiger charge is 2.40. The predicted molar refractivity (Wildman–Crippen MR) is 106 cm³/mol. The quantitative estimate of drug-likeness (QED) is 0.494. The first kappa shape index (κ1) is 20.0. The third kappa shape index (κ3) is 4.10. The molecule has 1 heterocycles. The number of ether oxygens (including phenoxy) is 1. The molecular weight excluding hydrogens is 328 g/mol. The van der Waals surface area contributed by atoms with Gasteiger partial charge in [0.1, 0.15) is 23.4 Å². The van der Waals surface area contributed by atoms with Crippen LogP contribution in [0.25, 0.3) is 0 Å². The van der Waals surface area contributed by atoms with E-state index in [0.717, 1.165) is 37.0 Å². The first-order valence-electron chi connectivity index (χ1n) is 9.35. The van der Waals surface area contributed by atoms with E-state index in [1.165, 1.54) is 16.7 Å². The number of fused-ring (bicyclic) bond motifs is 1. The third-order valence-electron chi connectivity index (χ3n) is 6.10. The van der Waals surface area contributed by atoms with Crippen molar-refractivity contribution in [3.63, 3.8) is 0 Å². The number of hydrogen-bond donors (Lipinski definition) is 0. The van der Waals surface area contributed by atoms with Crippen molar-refractivity contribution in [2.24, 2.45) is 0 Å². The van der Waals surface area contributed by atoms with Gasteiger partial charge in [-0.2, -0.15) is 0 Å². The molecule has 1 atom stereocenters. The lowest BCUT2D eigenvalue weighted by molar-refractivity contribution is -0.108. The SMILES string of the molecule is Cc1c(O[Si](C)(C)C(C)(C)C)cc2c(c1C)OC(C)(CCC=O)CC2. The van der Waals surface area contributed by atoms with Crippen LogP contribution < -0.4 is 9.16 Å². The van der Waals surface area contributed by atoms with Crippen LogP contribution in [-0.4, -0.2) is 20.2 Å². The second kappa shape index (κ2) is 6.79. The Bertz CT molecular complexity index is 658. The van der Waals surface area contributed by atoms with Crippen molar-refractivity contribution in [3.8, 4) is 11.5 Å². The van der Waals surface area contributed by atoms with E-state index in [1.54, 1.807) is 0 Å². The molecule has 1 aliphatic rings. The summed E-state index contributed by atoms with van der Waals surface area (Å²) in [6, 6.07) is 2.19. The van der Waals surface area contributed by atoms with E-state index in [-0.39, 0.29) is 10.6 Å². The van der Waals surface area contributed by atoms with Gasteiger partial charge in [-0.25, -0.2) is 0 Å². The molecule has 0 N–H and O–H groups in total. The van der Waals surface area contributed by atoms with Crippen LogP contribution in [0.15, 0.2) is 6.07 Å². The van der Waals surface area contributed by atoms with Crippen LogP contribution >= 0.6 is 0 Å². The molecule has 1 aromatic carbocycles. The Morgan fingerprint density at radius 1 is 1.28 bits per heavy atom. The number of hydrogen-bond acceptors (Lipinski definition) is 3. The van der Waals surface area contributed by atoms with Gasteiger partial charge in [0.25, 0.3) is 0 Å². The fraction of sp³-hybridized carbons (Fsp3) is 0.667. The number of benzene rings is 1. The van der Waals surface area contributed by atoms with Gasteiger partial charge >= 0.3 is 0 Å². The van der Waals surface area contributed by atoms with E-state index < -0.39 is 8.32 Å². The monoisotopic (exact) mass is 362 g/mol. The van der Waals surface area contributed by atoms with Gasteiger partial charge in [-0.1, -0.05) is 20.8 Å². The largest absolute Gasteiger partial charge is 0.543 e. The Labute approximate surface area is 154 Å². The van der Waals surface area contributed by atoms with Gasteiger partial charge in [0.05, 0.1) is 0 Å². The Morgan fingerprint density at radius 3 is 2.48 bits per heavy atom. The van der Waals surface area contributed by atoms with E-state index >= 15 is 0 Å². The zero-order valence-electron chi connectivity index (χ0n) is 17.2. The molecule has 140 valence electrons. The smallest absolute Gasteiger partial charge is 0.250 e. The summed E-state index contributed by atoms with van der Waals surface area (Å²) in [5.41, 5.74) is 3.33. The lowest BCUT2D eigenvalue weighted by atomic mass is 9.87. The minimum atomic E-state index is -1.87. The molecular formula is C21H34O3Si.